The summed E-state index contributed by atoms with van der Waals surface area (Å²) in [6, 6.07) is 17.6. The summed E-state index contributed by atoms with van der Waals surface area (Å²) >= 11 is 13.5. The molecule has 1 nitrogen and oxygen atoms in total. The third-order valence-corrected chi connectivity index (χ3v) is 7.23. The van der Waals surface area contributed by atoms with Crippen LogP contribution >= 0.6 is 23.2 Å². The molecule has 0 radical (unpaired) electrons. The SMILES string of the molecule is CCN(CCCc1ccc(C2(Cl)CC2)c(C2(Cl)CC2)c1)Cc1ccccc1. The van der Waals surface area contributed by atoms with Crippen LogP contribution < -0.4 is 0 Å². The molecule has 4 rings (SSSR count). The van der Waals surface area contributed by atoms with Gasteiger partial charge in [0, 0.05) is 6.54 Å². The van der Waals surface area contributed by atoms with E-state index in [1.807, 2.05) is 0 Å². The topological polar surface area (TPSA) is 3.24 Å². The Morgan fingerprint density at radius 1 is 0.852 bits per heavy atom. The Morgan fingerprint density at radius 3 is 2.15 bits per heavy atom. The van der Waals surface area contributed by atoms with E-state index in [4.69, 9.17) is 23.2 Å². The van der Waals surface area contributed by atoms with Crippen LogP contribution in [-0.4, -0.2) is 18.0 Å². The summed E-state index contributed by atoms with van der Waals surface area (Å²) in [7, 11) is 0. The maximum atomic E-state index is 6.81. The number of alkyl halides is 2. The van der Waals surface area contributed by atoms with Crippen LogP contribution in [0.2, 0.25) is 0 Å². The normalized spacial score (nSPS) is 19.3. The number of nitrogens with zero attached hydrogens (tertiary/aromatic N) is 1. The first kappa shape index (κ1) is 19.3. The number of hydrogen-bond donors (Lipinski definition) is 0. The van der Waals surface area contributed by atoms with Crippen LogP contribution in [0.5, 0.6) is 0 Å². The second-order valence-electron chi connectivity index (χ2n) is 8.27. The van der Waals surface area contributed by atoms with Crippen molar-refractivity contribution in [3.63, 3.8) is 0 Å². The van der Waals surface area contributed by atoms with Crippen molar-refractivity contribution in [2.45, 2.75) is 61.7 Å². The number of rotatable bonds is 9. The lowest BCUT2D eigenvalue weighted by Gasteiger charge is -2.21. The van der Waals surface area contributed by atoms with Crippen LogP contribution in [0.4, 0.5) is 0 Å². The minimum Gasteiger partial charge on any atom is -0.299 e. The highest BCUT2D eigenvalue weighted by Crippen LogP contribution is 2.60. The zero-order valence-corrected chi connectivity index (χ0v) is 17.7. The van der Waals surface area contributed by atoms with Gasteiger partial charge in [-0.15, -0.1) is 23.2 Å². The molecule has 144 valence electrons. The zero-order valence-electron chi connectivity index (χ0n) is 16.2. The van der Waals surface area contributed by atoms with Gasteiger partial charge in [-0.3, -0.25) is 4.90 Å². The van der Waals surface area contributed by atoms with Crippen LogP contribution in [-0.2, 0) is 22.7 Å². The largest absolute Gasteiger partial charge is 0.299 e. The van der Waals surface area contributed by atoms with E-state index in [2.05, 4.69) is 60.4 Å². The van der Waals surface area contributed by atoms with Crippen molar-refractivity contribution < 1.29 is 0 Å². The van der Waals surface area contributed by atoms with Crippen molar-refractivity contribution in [1.82, 2.24) is 4.90 Å². The molecule has 2 fully saturated rings. The van der Waals surface area contributed by atoms with Crippen molar-refractivity contribution in [2.24, 2.45) is 0 Å². The van der Waals surface area contributed by atoms with Gasteiger partial charge >= 0.3 is 0 Å². The number of benzene rings is 2. The van der Waals surface area contributed by atoms with Crippen LogP contribution in [0.1, 0.15) is 61.3 Å². The van der Waals surface area contributed by atoms with Crippen molar-refractivity contribution in [1.29, 1.82) is 0 Å². The average Bonchev–Trinajstić information content (AvgIpc) is 3.61. The van der Waals surface area contributed by atoms with E-state index in [0.717, 1.165) is 51.7 Å². The third-order valence-electron chi connectivity index (χ3n) is 6.06. The van der Waals surface area contributed by atoms with E-state index >= 15 is 0 Å². The molecule has 0 unspecified atom stereocenters. The van der Waals surface area contributed by atoms with E-state index in [0.29, 0.717) is 0 Å². The molecule has 3 heteroatoms. The monoisotopic (exact) mass is 401 g/mol. The second-order valence-corrected chi connectivity index (χ2v) is 9.72. The Kier molecular flexibility index (Phi) is 5.56. The molecule has 0 amide bonds. The first-order valence-corrected chi connectivity index (χ1v) is 11.1. The highest BCUT2D eigenvalue weighted by atomic mass is 35.5. The number of hydrogen-bond acceptors (Lipinski definition) is 1. The summed E-state index contributed by atoms with van der Waals surface area (Å²) in [5.41, 5.74) is 5.39. The van der Waals surface area contributed by atoms with E-state index in [-0.39, 0.29) is 9.75 Å². The fourth-order valence-electron chi connectivity index (χ4n) is 3.96. The third kappa shape index (κ3) is 4.53. The summed E-state index contributed by atoms with van der Waals surface area (Å²) in [4.78, 5) is 2.25. The molecule has 27 heavy (non-hydrogen) atoms. The van der Waals surface area contributed by atoms with Crippen LogP contribution in [0.3, 0.4) is 0 Å². The maximum Gasteiger partial charge on any atom is 0.0699 e. The van der Waals surface area contributed by atoms with Crippen molar-refractivity contribution in [2.75, 3.05) is 13.1 Å². The van der Waals surface area contributed by atoms with Gasteiger partial charge in [-0.2, -0.15) is 0 Å². The van der Waals surface area contributed by atoms with Gasteiger partial charge in [-0.25, -0.2) is 0 Å². The van der Waals surface area contributed by atoms with Gasteiger partial charge in [0.15, 0.2) is 0 Å². The summed E-state index contributed by atoms with van der Waals surface area (Å²) in [5, 5.41) is 0. The predicted octanol–water partition coefficient (Wildman–Crippen LogP) is 6.60. The predicted molar refractivity (Wildman–Crippen MR) is 116 cm³/mol. The van der Waals surface area contributed by atoms with Gasteiger partial charge in [-0.1, -0.05) is 55.5 Å². The zero-order chi connectivity index (χ0) is 18.9. The standard InChI is InChI=1S/C24H29Cl2N/c1-2-27(18-20-7-4-3-5-8-20)16-6-9-19-10-11-21(23(25)12-13-23)22(17-19)24(26)14-15-24/h3-5,7-8,10-11,17H,2,6,9,12-16,18H2,1H3. The smallest absolute Gasteiger partial charge is 0.0699 e. The van der Waals surface area contributed by atoms with Gasteiger partial charge in [0.1, 0.15) is 0 Å². The first-order chi connectivity index (χ1) is 13.0. The van der Waals surface area contributed by atoms with Crippen LogP contribution in [0, 0.1) is 0 Å². The van der Waals surface area contributed by atoms with Crippen molar-refractivity contribution in [3.8, 4) is 0 Å². The summed E-state index contributed by atoms with van der Waals surface area (Å²) in [5.74, 6) is 0. The summed E-state index contributed by atoms with van der Waals surface area (Å²) < 4.78 is 0. The fraction of sp³-hybridized carbons (Fsp3) is 0.500. The molecule has 2 aromatic carbocycles. The van der Waals surface area contributed by atoms with E-state index in [1.165, 1.54) is 28.7 Å². The molecule has 2 aliphatic rings. The highest BCUT2D eigenvalue weighted by molar-refractivity contribution is 6.28. The van der Waals surface area contributed by atoms with Gasteiger partial charge in [0.2, 0.25) is 0 Å². The van der Waals surface area contributed by atoms with Crippen LogP contribution in [0.15, 0.2) is 48.5 Å². The average molecular weight is 402 g/mol. The number of halogens is 2. The van der Waals surface area contributed by atoms with E-state index in [9.17, 15) is 0 Å². The molecular formula is C24H29Cl2N. The molecule has 0 atom stereocenters. The minimum atomic E-state index is -0.140. The molecule has 2 aliphatic carbocycles. The molecule has 2 saturated carbocycles. The van der Waals surface area contributed by atoms with Crippen molar-refractivity contribution >= 4 is 23.2 Å². The Balaban J connectivity index is 1.38. The lowest BCUT2D eigenvalue weighted by Crippen LogP contribution is -2.24. The second kappa shape index (κ2) is 7.78. The molecule has 0 aromatic heterocycles. The Bertz CT molecular complexity index is 778. The summed E-state index contributed by atoms with van der Waals surface area (Å²) in [6.07, 6.45) is 6.59. The first-order valence-electron chi connectivity index (χ1n) is 10.3. The molecule has 2 aromatic rings. The number of aryl methyl sites for hydroxylation is 1. The Morgan fingerprint density at radius 2 is 1.52 bits per heavy atom. The lowest BCUT2D eigenvalue weighted by atomic mass is 9.94. The molecule has 0 spiro atoms. The van der Waals surface area contributed by atoms with Crippen LogP contribution in [0.25, 0.3) is 0 Å². The Hall–Kier alpha value is -1.02. The summed E-state index contributed by atoms with van der Waals surface area (Å²) in [6.45, 7) is 5.48. The quantitative estimate of drug-likeness (QED) is 0.427. The van der Waals surface area contributed by atoms with E-state index < -0.39 is 0 Å². The van der Waals surface area contributed by atoms with Crippen molar-refractivity contribution in [3.05, 3.63) is 70.8 Å². The molecule has 0 saturated heterocycles. The maximum absolute atomic E-state index is 6.81. The highest BCUT2D eigenvalue weighted by Gasteiger charge is 2.50. The Labute approximate surface area is 173 Å². The van der Waals surface area contributed by atoms with Gasteiger partial charge < -0.3 is 0 Å². The van der Waals surface area contributed by atoms with E-state index in [1.54, 1.807) is 0 Å². The molecule has 0 aliphatic heterocycles. The lowest BCUT2D eigenvalue weighted by molar-refractivity contribution is 0.276. The molecular weight excluding hydrogens is 373 g/mol. The molecule has 0 N–H and O–H groups in total. The fourth-order valence-corrected chi connectivity index (χ4v) is 4.47. The molecule has 0 heterocycles. The molecule has 0 bridgehead atoms. The van der Waals surface area contributed by atoms with Gasteiger partial charge in [-0.05, 0) is 73.9 Å². The minimum absolute atomic E-state index is 0.132. The van der Waals surface area contributed by atoms with Gasteiger partial charge in [0.05, 0.1) is 9.75 Å². The van der Waals surface area contributed by atoms with Gasteiger partial charge in [0.25, 0.3) is 0 Å².